The van der Waals surface area contributed by atoms with E-state index < -0.39 is 0 Å². The number of nitrogens with zero attached hydrogens (tertiary/aromatic N) is 1. The van der Waals surface area contributed by atoms with Crippen LogP contribution in [0, 0.1) is 0 Å². The second kappa shape index (κ2) is 10.3. The van der Waals surface area contributed by atoms with Crippen molar-refractivity contribution in [2.75, 3.05) is 6.26 Å². The number of hydrogen-bond donors (Lipinski definition) is 2. The summed E-state index contributed by atoms with van der Waals surface area (Å²) in [7, 11) is 0. The zero-order valence-corrected chi connectivity index (χ0v) is 14.9. The molecule has 0 heterocycles. The molecular formula is C19H21N3O2S. The lowest BCUT2D eigenvalue weighted by Gasteiger charge is -2.04. The van der Waals surface area contributed by atoms with Gasteiger partial charge in [0.15, 0.2) is 0 Å². The molecule has 5 nitrogen and oxygen atoms in total. The van der Waals surface area contributed by atoms with Gasteiger partial charge in [-0.1, -0.05) is 42.5 Å². The Morgan fingerprint density at radius 1 is 1.00 bits per heavy atom. The minimum absolute atomic E-state index is 0.101. The second-order valence-electron chi connectivity index (χ2n) is 5.33. The van der Waals surface area contributed by atoms with Gasteiger partial charge in [0.05, 0.1) is 6.21 Å². The topological polar surface area (TPSA) is 70.6 Å². The third-order valence-corrected chi connectivity index (χ3v) is 4.17. The van der Waals surface area contributed by atoms with E-state index in [1.165, 1.54) is 4.90 Å². The van der Waals surface area contributed by atoms with E-state index in [9.17, 15) is 9.59 Å². The lowest BCUT2D eigenvalue weighted by atomic mass is 10.2. The highest BCUT2D eigenvalue weighted by molar-refractivity contribution is 7.98. The van der Waals surface area contributed by atoms with E-state index in [0.717, 1.165) is 11.1 Å². The molecule has 0 atom stereocenters. The van der Waals surface area contributed by atoms with Crippen molar-refractivity contribution >= 4 is 29.8 Å². The SMILES string of the molecule is CSc1ccc(/C=N/NC(=O)CCC(=O)NCc2ccccc2)cc1. The van der Waals surface area contributed by atoms with Crippen LogP contribution in [0.5, 0.6) is 0 Å². The van der Waals surface area contributed by atoms with E-state index in [2.05, 4.69) is 15.8 Å². The number of rotatable bonds is 8. The maximum Gasteiger partial charge on any atom is 0.240 e. The van der Waals surface area contributed by atoms with Crippen LogP contribution >= 0.6 is 11.8 Å². The summed E-state index contributed by atoms with van der Waals surface area (Å²) in [5.74, 6) is -0.442. The quantitative estimate of drug-likeness (QED) is 0.434. The van der Waals surface area contributed by atoms with Crippen LogP contribution in [-0.2, 0) is 16.1 Å². The van der Waals surface area contributed by atoms with Gasteiger partial charge in [-0.25, -0.2) is 5.43 Å². The molecule has 2 aromatic rings. The molecule has 2 rings (SSSR count). The number of thioether (sulfide) groups is 1. The fraction of sp³-hybridized carbons (Fsp3) is 0.211. The van der Waals surface area contributed by atoms with Gasteiger partial charge >= 0.3 is 0 Å². The van der Waals surface area contributed by atoms with Gasteiger partial charge in [0, 0.05) is 24.3 Å². The van der Waals surface area contributed by atoms with Crippen LogP contribution in [0.25, 0.3) is 0 Å². The fourth-order valence-electron chi connectivity index (χ4n) is 2.04. The Morgan fingerprint density at radius 3 is 2.36 bits per heavy atom. The molecular weight excluding hydrogens is 334 g/mol. The number of amides is 2. The average molecular weight is 355 g/mol. The summed E-state index contributed by atoms with van der Waals surface area (Å²) in [4.78, 5) is 24.6. The number of hydrazone groups is 1. The monoisotopic (exact) mass is 355 g/mol. The lowest BCUT2D eigenvalue weighted by molar-refractivity contribution is -0.126. The van der Waals surface area contributed by atoms with Gasteiger partial charge in [-0.2, -0.15) is 5.10 Å². The van der Waals surface area contributed by atoms with E-state index >= 15 is 0 Å². The first-order valence-electron chi connectivity index (χ1n) is 7.94. The van der Waals surface area contributed by atoms with Gasteiger partial charge in [-0.15, -0.1) is 11.8 Å². The summed E-state index contributed by atoms with van der Waals surface area (Å²) < 4.78 is 0. The number of carbonyl (C=O) groups excluding carboxylic acids is 2. The number of hydrogen-bond acceptors (Lipinski definition) is 4. The van der Waals surface area contributed by atoms with Gasteiger partial charge in [0.2, 0.25) is 11.8 Å². The zero-order valence-electron chi connectivity index (χ0n) is 14.1. The van der Waals surface area contributed by atoms with Crippen molar-refractivity contribution in [3.63, 3.8) is 0 Å². The summed E-state index contributed by atoms with van der Waals surface area (Å²) in [5, 5.41) is 6.69. The minimum atomic E-state index is -0.285. The number of nitrogens with one attached hydrogen (secondary N) is 2. The van der Waals surface area contributed by atoms with Gasteiger partial charge in [-0.05, 0) is 29.5 Å². The molecule has 2 aromatic carbocycles. The summed E-state index contributed by atoms with van der Waals surface area (Å²) in [5.41, 5.74) is 4.36. The molecule has 0 aliphatic rings. The standard InChI is InChI=1S/C19H21N3O2S/c1-25-17-9-7-16(8-10-17)14-21-22-19(24)12-11-18(23)20-13-15-5-3-2-4-6-15/h2-10,14H,11-13H2,1H3,(H,20,23)(H,22,24)/b21-14+. The molecule has 0 aliphatic heterocycles. The predicted octanol–water partition coefficient (Wildman–Crippen LogP) is 2.96. The molecule has 0 radical (unpaired) electrons. The first-order chi connectivity index (χ1) is 12.2. The largest absolute Gasteiger partial charge is 0.352 e. The molecule has 0 saturated carbocycles. The Morgan fingerprint density at radius 2 is 1.68 bits per heavy atom. The molecule has 0 spiro atoms. The minimum Gasteiger partial charge on any atom is -0.352 e. The van der Waals surface area contributed by atoms with Crippen LogP contribution < -0.4 is 10.7 Å². The molecule has 25 heavy (non-hydrogen) atoms. The molecule has 0 fully saturated rings. The van der Waals surface area contributed by atoms with Gasteiger partial charge < -0.3 is 5.32 Å². The Bertz CT molecular complexity index is 715. The summed E-state index contributed by atoms with van der Waals surface area (Å²) in [6.07, 6.45) is 3.83. The molecule has 0 unspecified atom stereocenters. The van der Waals surface area contributed by atoms with Crippen LogP contribution in [0.4, 0.5) is 0 Å². The van der Waals surface area contributed by atoms with E-state index in [1.54, 1.807) is 18.0 Å². The highest BCUT2D eigenvalue weighted by atomic mass is 32.2. The first-order valence-corrected chi connectivity index (χ1v) is 9.16. The van der Waals surface area contributed by atoms with Crippen molar-refractivity contribution in [3.05, 3.63) is 65.7 Å². The average Bonchev–Trinajstić information content (AvgIpc) is 2.66. The van der Waals surface area contributed by atoms with E-state index in [0.29, 0.717) is 6.54 Å². The van der Waals surface area contributed by atoms with Crippen LogP contribution in [-0.4, -0.2) is 24.3 Å². The molecule has 0 saturated heterocycles. The van der Waals surface area contributed by atoms with Crippen molar-refractivity contribution in [2.45, 2.75) is 24.3 Å². The summed E-state index contributed by atoms with van der Waals surface area (Å²) >= 11 is 1.67. The number of carbonyl (C=O) groups is 2. The maximum atomic E-state index is 11.7. The third-order valence-electron chi connectivity index (χ3n) is 3.43. The van der Waals surface area contributed by atoms with Crippen molar-refractivity contribution in [3.8, 4) is 0 Å². The highest BCUT2D eigenvalue weighted by Gasteiger charge is 2.06. The fourth-order valence-corrected chi connectivity index (χ4v) is 2.44. The first kappa shape index (κ1) is 18.7. The van der Waals surface area contributed by atoms with Gasteiger partial charge in [-0.3, -0.25) is 9.59 Å². The molecule has 130 valence electrons. The normalized spacial score (nSPS) is 10.6. The Balaban J connectivity index is 1.65. The second-order valence-corrected chi connectivity index (χ2v) is 6.21. The highest BCUT2D eigenvalue weighted by Crippen LogP contribution is 2.13. The predicted molar refractivity (Wildman–Crippen MR) is 101 cm³/mol. The third kappa shape index (κ3) is 7.22. The molecule has 0 bridgehead atoms. The van der Waals surface area contributed by atoms with Crippen molar-refractivity contribution in [2.24, 2.45) is 5.10 Å². The summed E-state index contributed by atoms with van der Waals surface area (Å²) in [6, 6.07) is 17.5. The molecule has 2 amide bonds. The van der Waals surface area contributed by atoms with Crippen molar-refractivity contribution < 1.29 is 9.59 Å². The summed E-state index contributed by atoms with van der Waals surface area (Å²) in [6.45, 7) is 0.464. The van der Waals surface area contributed by atoms with E-state index in [-0.39, 0.29) is 24.7 Å². The van der Waals surface area contributed by atoms with Crippen LogP contribution in [0.15, 0.2) is 64.6 Å². The Kier molecular flexibility index (Phi) is 7.72. The zero-order chi connectivity index (χ0) is 17.9. The smallest absolute Gasteiger partial charge is 0.240 e. The number of benzene rings is 2. The molecule has 0 aromatic heterocycles. The van der Waals surface area contributed by atoms with E-state index in [4.69, 9.17) is 0 Å². The van der Waals surface area contributed by atoms with Crippen molar-refractivity contribution in [1.29, 1.82) is 0 Å². The molecule has 2 N–H and O–H groups in total. The molecule has 0 aliphatic carbocycles. The lowest BCUT2D eigenvalue weighted by Crippen LogP contribution is -2.25. The Labute approximate surface area is 151 Å². The van der Waals surface area contributed by atoms with Crippen LogP contribution in [0.1, 0.15) is 24.0 Å². The van der Waals surface area contributed by atoms with Crippen LogP contribution in [0.3, 0.4) is 0 Å². The van der Waals surface area contributed by atoms with Gasteiger partial charge in [0.1, 0.15) is 0 Å². The van der Waals surface area contributed by atoms with E-state index in [1.807, 2.05) is 60.9 Å². The van der Waals surface area contributed by atoms with Gasteiger partial charge in [0.25, 0.3) is 0 Å². The molecule has 6 heteroatoms. The van der Waals surface area contributed by atoms with Crippen molar-refractivity contribution in [1.82, 2.24) is 10.7 Å². The maximum absolute atomic E-state index is 11.7. The van der Waals surface area contributed by atoms with Crippen LogP contribution in [0.2, 0.25) is 0 Å². The Hall–Kier alpha value is -2.60.